The van der Waals surface area contributed by atoms with Crippen LogP contribution in [0.4, 0.5) is 0 Å². The van der Waals surface area contributed by atoms with Crippen molar-refractivity contribution in [2.24, 2.45) is 5.92 Å². The van der Waals surface area contributed by atoms with Gasteiger partial charge in [0.25, 0.3) is 0 Å². The SMILES string of the molecule is CC(c1ccc(Br)cc1Cl)N1CCC(CCC(=O)O)C1. The van der Waals surface area contributed by atoms with Gasteiger partial charge in [0.05, 0.1) is 0 Å². The molecule has 1 aromatic carbocycles. The Morgan fingerprint density at radius 2 is 2.35 bits per heavy atom. The summed E-state index contributed by atoms with van der Waals surface area (Å²) in [6.45, 7) is 4.13. The van der Waals surface area contributed by atoms with Crippen molar-refractivity contribution in [3.05, 3.63) is 33.3 Å². The van der Waals surface area contributed by atoms with Crippen LogP contribution in [0.1, 0.15) is 37.8 Å². The van der Waals surface area contributed by atoms with E-state index >= 15 is 0 Å². The summed E-state index contributed by atoms with van der Waals surface area (Å²) in [5, 5.41) is 9.53. The van der Waals surface area contributed by atoms with Crippen LogP contribution >= 0.6 is 27.5 Å². The highest BCUT2D eigenvalue weighted by molar-refractivity contribution is 9.10. The molecule has 0 spiro atoms. The maximum absolute atomic E-state index is 10.6. The number of likely N-dealkylation sites (tertiary alicyclic amines) is 1. The summed E-state index contributed by atoms with van der Waals surface area (Å²) in [6, 6.07) is 6.26. The van der Waals surface area contributed by atoms with Gasteiger partial charge in [0.2, 0.25) is 0 Å². The second kappa shape index (κ2) is 6.92. The van der Waals surface area contributed by atoms with E-state index in [-0.39, 0.29) is 12.5 Å². The van der Waals surface area contributed by atoms with Crippen LogP contribution in [-0.2, 0) is 4.79 Å². The average molecular weight is 361 g/mol. The molecule has 0 radical (unpaired) electrons. The van der Waals surface area contributed by atoms with Crippen LogP contribution < -0.4 is 0 Å². The monoisotopic (exact) mass is 359 g/mol. The Morgan fingerprint density at radius 3 is 3.00 bits per heavy atom. The highest BCUT2D eigenvalue weighted by atomic mass is 79.9. The van der Waals surface area contributed by atoms with Crippen molar-refractivity contribution in [1.29, 1.82) is 0 Å². The van der Waals surface area contributed by atoms with E-state index < -0.39 is 5.97 Å². The molecule has 2 rings (SSSR count). The first kappa shape index (κ1) is 15.8. The molecular weight excluding hydrogens is 342 g/mol. The first-order chi connectivity index (χ1) is 9.47. The van der Waals surface area contributed by atoms with Crippen molar-refractivity contribution in [2.45, 2.75) is 32.2 Å². The fourth-order valence-electron chi connectivity index (χ4n) is 2.81. The number of hydrogen-bond donors (Lipinski definition) is 1. The summed E-state index contributed by atoms with van der Waals surface area (Å²) in [5.74, 6) is -0.213. The Labute approximate surface area is 133 Å². The van der Waals surface area contributed by atoms with Crippen molar-refractivity contribution < 1.29 is 9.90 Å². The van der Waals surface area contributed by atoms with Crippen LogP contribution in [0.25, 0.3) is 0 Å². The highest BCUT2D eigenvalue weighted by Gasteiger charge is 2.27. The van der Waals surface area contributed by atoms with Crippen molar-refractivity contribution in [3.63, 3.8) is 0 Å². The van der Waals surface area contributed by atoms with Gasteiger partial charge >= 0.3 is 5.97 Å². The molecule has 1 aliphatic heterocycles. The number of halogens is 2. The van der Waals surface area contributed by atoms with Crippen LogP contribution in [0.2, 0.25) is 5.02 Å². The smallest absolute Gasteiger partial charge is 0.303 e. The maximum Gasteiger partial charge on any atom is 0.303 e. The fraction of sp³-hybridized carbons (Fsp3) is 0.533. The summed E-state index contributed by atoms with van der Waals surface area (Å²) in [6.07, 6.45) is 2.12. The molecule has 0 saturated carbocycles. The summed E-state index contributed by atoms with van der Waals surface area (Å²) in [7, 11) is 0. The molecule has 5 heteroatoms. The van der Waals surface area contributed by atoms with Crippen molar-refractivity contribution in [3.8, 4) is 0 Å². The molecule has 1 heterocycles. The van der Waals surface area contributed by atoms with Crippen LogP contribution in [0.15, 0.2) is 22.7 Å². The van der Waals surface area contributed by atoms with E-state index in [4.69, 9.17) is 16.7 Å². The third-order valence-electron chi connectivity index (χ3n) is 4.04. The number of nitrogens with zero attached hydrogens (tertiary/aromatic N) is 1. The van der Waals surface area contributed by atoms with Crippen LogP contribution in [0.5, 0.6) is 0 Å². The lowest BCUT2D eigenvalue weighted by atomic mass is 10.0. The topological polar surface area (TPSA) is 40.5 Å². The Hall–Kier alpha value is -0.580. The van der Waals surface area contributed by atoms with Crippen molar-refractivity contribution in [1.82, 2.24) is 4.90 Å². The largest absolute Gasteiger partial charge is 0.481 e. The van der Waals surface area contributed by atoms with E-state index in [1.54, 1.807) is 0 Å². The first-order valence-corrected chi connectivity index (χ1v) is 8.05. The zero-order chi connectivity index (χ0) is 14.7. The molecule has 20 heavy (non-hydrogen) atoms. The summed E-state index contributed by atoms with van der Waals surface area (Å²) >= 11 is 9.73. The second-order valence-corrected chi connectivity index (χ2v) is 6.75. The number of benzene rings is 1. The van der Waals surface area contributed by atoms with Gasteiger partial charge < -0.3 is 5.11 Å². The molecule has 1 aromatic rings. The quantitative estimate of drug-likeness (QED) is 0.848. The molecule has 110 valence electrons. The number of carbonyl (C=O) groups is 1. The molecule has 1 saturated heterocycles. The molecule has 0 aliphatic carbocycles. The van der Waals surface area contributed by atoms with E-state index in [0.717, 1.165) is 41.0 Å². The van der Waals surface area contributed by atoms with Gasteiger partial charge in [-0.2, -0.15) is 0 Å². The zero-order valence-electron chi connectivity index (χ0n) is 11.5. The molecule has 1 aliphatic rings. The van der Waals surface area contributed by atoms with Gasteiger partial charge in [-0.05, 0) is 49.9 Å². The molecule has 2 atom stereocenters. The second-order valence-electron chi connectivity index (χ2n) is 5.42. The van der Waals surface area contributed by atoms with Gasteiger partial charge in [-0.3, -0.25) is 9.69 Å². The minimum atomic E-state index is -0.701. The number of rotatable bonds is 5. The predicted molar refractivity (Wildman–Crippen MR) is 84.1 cm³/mol. The van der Waals surface area contributed by atoms with Gasteiger partial charge in [-0.1, -0.05) is 33.6 Å². The van der Waals surface area contributed by atoms with E-state index in [9.17, 15) is 4.79 Å². The molecular formula is C15H19BrClNO2. The van der Waals surface area contributed by atoms with Gasteiger partial charge in [-0.25, -0.2) is 0 Å². The van der Waals surface area contributed by atoms with E-state index in [1.165, 1.54) is 0 Å². The number of carboxylic acid groups (broad SMARTS) is 1. The lowest BCUT2D eigenvalue weighted by Crippen LogP contribution is -2.24. The number of carboxylic acids is 1. The first-order valence-electron chi connectivity index (χ1n) is 6.88. The molecule has 3 nitrogen and oxygen atoms in total. The van der Waals surface area contributed by atoms with Gasteiger partial charge in [0.1, 0.15) is 0 Å². The van der Waals surface area contributed by atoms with Gasteiger partial charge in [0.15, 0.2) is 0 Å². The Morgan fingerprint density at radius 1 is 1.60 bits per heavy atom. The zero-order valence-corrected chi connectivity index (χ0v) is 13.8. The number of hydrogen-bond acceptors (Lipinski definition) is 2. The lowest BCUT2D eigenvalue weighted by Gasteiger charge is -2.25. The van der Waals surface area contributed by atoms with Crippen molar-refractivity contribution in [2.75, 3.05) is 13.1 Å². The maximum atomic E-state index is 10.6. The molecule has 0 amide bonds. The average Bonchev–Trinajstić information content (AvgIpc) is 2.84. The van der Waals surface area contributed by atoms with Crippen LogP contribution in [0.3, 0.4) is 0 Å². The van der Waals surface area contributed by atoms with E-state index in [0.29, 0.717) is 5.92 Å². The van der Waals surface area contributed by atoms with Gasteiger partial charge in [0, 0.05) is 28.5 Å². The molecule has 1 fully saturated rings. The summed E-state index contributed by atoms with van der Waals surface area (Å²) in [4.78, 5) is 13.0. The molecule has 1 N–H and O–H groups in total. The minimum Gasteiger partial charge on any atom is -0.481 e. The Kier molecular flexibility index (Phi) is 5.47. The van der Waals surface area contributed by atoms with E-state index in [1.807, 2.05) is 12.1 Å². The molecule has 0 bridgehead atoms. The fourth-order valence-corrected chi connectivity index (χ4v) is 3.65. The Balaban J connectivity index is 1.97. The molecule has 2 unspecified atom stereocenters. The van der Waals surface area contributed by atoms with Crippen molar-refractivity contribution >= 4 is 33.5 Å². The highest BCUT2D eigenvalue weighted by Crippen LogP contribution is 2.33. The Bertz CT molecular complexity index is 495. The minimum absolute atomic E-state index is 0.269. The third-order valence-corrected chi connectivity index (χ3v) is 4.86. The molecule has 0 aromatic heterocycles. The summed E-state index contributed by atoms with van der Waals surface area (Å²) < 4.78 is 0.985. The predicted octanol–water partition coefficient (Wildman–Crippen LogP) is 4.35. The standard InChI is InChI=1S/C15H19BrClNO2/c1-10(13-4-3-12(16)8-14(13)17)18-7-6-11(9-18)2-5-15(19)20/h3-4,8,10-11H,2,5-7,9H2,1H3,(H,19,20). The summed E-state index contributed by atoms with van der Waals surface area (Å²) in [5.41, 5.74) is 1.13. The normalized spacial score (nSPS) is 21.1. The number of aliphatic carboxylic acids is 1. The lowest BCUT2D eigenvalue weighted by molar-refractivity contribution is -0.137. The van der Waals surface area contributed by atoms with Crippen LogP contribution in [-0.4, -0.2) is 29.1 Å². The van der Waals surface area contributed by atoms with E-state index in [2.05, 4.69) is 33.8 Å². The third kappa shape index (κ3) is 3.96. The van der Waals surface area contributed by atoms with Crippen LogP contribution in [0, 0.1) is 5.92 Å². The van der Waals surface area contributed by atoms with Gasteiger partial charge in [-0.15, -0.1) is 0 Å².